The smallest absolute Gasteiger partial charge is 0.142 e. The molecule has 0 amide bonds. The van der Waals surface area contributed by atoms with Gasteiger partial charge in [0.05, 0.1) is 25.5 Å². The summed E-state index contributed by atoms with van der Waals surface area (Å²) in [6.07, 6.45) is 3.13. The van der Waals surface area contributed by atoms with E-state index in [1.54, 1.807) is 0 Å². The van der Waals surface area contributed by atoms with Crippen molar-refractivity contribution in [1.29, 1.82) is 0 Å². The molecule has 1 N–H and O–H groups in total. The maximum Gasteiger partial charge on any atom is 0.142 e. The molecule has 4 nitrogen and oxygen atoms in total. The number of nitrogens with one attached hydrogen (secondary N) is 1. The molecule has 0 aliphatic rings. The first-order chi connectivity index (χ1) is 17.6. The Morgan fingerprint density at radius 3 is 1.57 bits per heavy atom. The molecule has 37 heavy (non-hydrogen) atoms. The number of hydrogen-bond acceptors (Lipinski definition) is 4. The zero-order valence-corrected chi connectivity index (χ0v) is 26.0. The average Bonchev–Trinajstić information content (AvgIpc) is 2.92. The summed E-state index contributed by atoms with van der Waals surface area (Å²) in [6, 6.07) is 25.9. The van der Waals surface area contributed by atoms with Crippen LogP contribution < -0.4 is 19.5 Å². The van der Waals surface area contributed by atoms with E-state index in [9.17, 15) is 0 Å². The second kappa shape index (κ2) is 24.6. The van der Waals surface area contributed by atoms with Crippen LogP contribution in [0.3, 0.4) is 0 Å². The van der Waals surface area contributed by atoms with E-state index in [4.69, 9.17) is 14.2 Å². The third-order valence-electron chi connectivity index (χ3n) is 4.55. The van der Waals surface area contributed by atoms with Crippen molar-refractivity contribution in [2.45, 2.75) is 33.6 Å². The fourth-order valence-corrected chi connectivity index (χ4v) is 3.36. The van der Waals surface area contributed by atoms with Crippen molar-refractivity contribution in [1.82, 2.24) is 0 Å². The average molecular weight is 704 g/mol. The van der Waals surface area contributed by atoms with Gasteiger partial charge in [-0.1, -0.05) is 103 Å². The SMILES string of the molecule is BrCCCOc1ccccc1.C.CNc1ccccc1OCCCBr.Cc1ccc(OCCCBr)cc1. The van der Waals surface area contributed by atoms with Gasteiger partial charge in [-0.3, -0.25) is 0 Å². The fourth-order valence-electron chi connectivity index (χ4n) is 2.68. The van der Waals surface area contributed by atoms with E-state index in [1.165, 1.54) is 5.56 Å². The highest BCUT2D eigenvalue weighted by molar-refractivity contribution is 9.09. The van der Waals surface area contributed by atoms with Crippen molar-refractivity contribution >= 4 is 53.5 Å². The number of alkyl halides is 3. The quantitative estimate of drug-likeness (QED) is 0.142. The Morgan fingerprint density at radius 1 is 0.595 bits per heavy atom. The number of para-hydroxylation sites is 3. The number of hydrogen-bond donors (Lipinski definition) is 1. The zero-order valence-electron chi connectivity index (χ0n) is 21.2. The highest BCUT2D eigenvalue weighted by Crippen LogP contribution is 2.22. The van der Waals surface area contributed by atoms with Crippen molar-refractivity contribution in [3.05, 3.63) is 84.4 Å². The molecule has 0 aliphatic heterocycles. The van der Waals surface area contributed by atoms with Crippen LogP contribution in [-0.4, -0.2) is 42.9 Å². The van der Waals surface area contributed by atoms with Crippen LogP contribution in [0.4, 0.5) is 5.69 Å². The Kier molecular flexibility index (Phi) is 23.5. The van der Waals surface area contributed by atoms with Crippen LogP contribution in [0, 0.1) is 6.92 Å². The molecule has 0 saturated carbocycles. The molecular formula is C30H42Br3NO3. The van der Waals surface area contributed by atoms with E-state index in [0.29, 0.717) is 0 Å². The lowest BCUT2D eigenvalue weighted by Gasteiger charge is -2.09. The van der Waals surface area contributed by atoms with Crippen LogP contribution in [0.15, 0.2) is 78.9 Å². The lowest BCUT2D eigenvalue weighted by Crippen LogP contribution is -2.00. The summed E-state index contributed by atoms with van der Waals surface area (Å²) in [4.78, 5) is 0. The Morgan fingerprint density at radius 2 is 1.05 bits per heavy atom. The minimum absolute atomic E-state index is 0. The van der Waals surface area contributed by atoms with Crippen LogP contribution >= 0.6 is 47.8 Å². The molecule has 0 atom stereocenters. The van der Waals surface area contributed by atoms with Gasteiger partial charge in [0, 0.05) is 23.0 Å². The summed E-state index contributed by atoms with van der Waals surface area (Å²) < 4.78 is 16.5. The predicted molar refractivity (Wildman–Crippen MR) is 172 cm³/mol. The highest BCUT2D eigenvalue weighted by Gasteiger charge is 1.99. The van der Waals surface area contributed by atoms with Crippen LogP contribution in [0.5, 0.6) is 17.2 Å². The van der Waals surface area contributed by atoms with E-state index in [-0.39, 0.29) is 7.43 Å². The molecule has 0 heterocycles. The van der Waals surface area contributed by atoms with Gasteiger partial charge in [-0.25, -0.2) is 0 Å². The zero-order chi connectivity index (χ0) is 26.3. The largest absolute Gasteiger partial charge is 0.494 e. The van der Waals surface area contributed by atoms with Gasteiger partial charge in [0.25, 0.3) is 0 Å². The van der Waals surface area contributed by atoms with Crippen LogP contribution in [0.1, 0.15) is 32.3 Å². The molecule has 3 aromatic rings. The first-order valence-electron chi connectivity index (χ1n) is 12.1. The lowest BCUT2D eigenvalue weighted by atomic mass is 10.2. The van der Waals surface area contributed by atoms with Crippen LogP contribution in [0.25, 0.3) is 0 Å². The maximum absolute atomic E-state index is 5.58. The van der Waals surface area contributed by atoms with Gasteiger partial charge < -0.3 is 19.5 Å². The fraction of sp³-hybridized carbons (Fsp3) is 0.400. The van der Waals surface area contributed by atoms with Crippen LogP contribution in [0.2, 0.25) is 0 Å². The third kappa shape index (κ3) is 18.2. The molecule has 3 aromatic carbocycles. The van der Waals surface area contributed by atoms with E-state index in [0.717, 1.165) is 78.0 Å². The third-order valence-corrected chi connectivity index (χ3v) is 6.23. The summed E-state index contributed by atoms with van der Waals surface area (Å²) in [5.74, 6) is 2.83. The second-order valence-electron chi connectivity index (χ2n) is 7.55. The molecule has 0 fully saturated rings. The summed E-state index contributed by atoms with van der Waals surface area (Å²) in [6.45, 7) is 4.40. The molecule has 7 heteroatoms. The number of ether oxygens (including phenoxy) is 3. The van der Waals surface area contributed by atoms with Crippen molar-refractivity contribution < 1.29 is 14.2 Å². The van der Waals surface area contributed by atoms with E-state index < -0.39 is 0 Å². The summed E-state index contributed by atoms with van der Waals surface area (Å²) in [5, 5.41) is 6.07. The lowest BCUT2D eigenvalue weighted by molar-refractivity contribution is 0.319. The molecule has 0 radical (unpaired) electrons. The van der Waals surface area contributed by atoms with Gasteiger partial charge >= 0.3 is 0 Å². The van der Waals surface area contributed by atoms with Gasteiger partial charge in [0.1, 0.15) is 17.2 Å². The standard InChI is InChI=1S/C10H14BrNO.C10H13BrO.C9H11BrO.CH4/c1-12-9-5-2-3-6-10(9)13-8-4-7-11;1-9-3-5-10(6-4-9)12-8-2-7-11;10-7-4-8-11-9-5-2-1-3-6-9;/h2-3,5-6,12H,4,7-8H2,1H3;3-6H,2,7-8H2,1H3;1-3,5-6H,4,7-8H2;1H4. The van der Waals surface area contributed by atoms with Crippen molar-refractivity contribution in [3.63, 3.8) is 0 Å². The highest BCUT2D eigenvalue weighted by atomic mass is 79.9. The second-order valence-corrected chi connectivity index (χ2v) is 9.92. The van der Waals surface area contributed by atoms with Crippen molar-refractivity contribution in [2.24, 2.45) is 0 Å². The molecule has 3 rings (SSSR count). The first-order valence-corrected chi connectivity index (χ1v) is 15.5. The molecular weight excluding hydrogens is 662 g/mol. The Hall–Kier alpha value is -1.70. The maximum atomic E-state index is 5.58. The summed E-state index contributed by atoms with van der Waals surface area (Å²) >= 11 is 10.1. The molecule has 0 aromatic heterocycles. The molecule has 0 saturated heterocycles. The van der Waals surface area contributed by atoms with Gasteiger partial charge in [-0.15, -0.1) is 0 Å². The monoisotopic (exact) mass is 701 g/mol. The molecule has 0 unspecified atom stereocenters. The minimum Gasteiger partial charge on any atom is -0.494 e. The Balaban J connectivity index is 0.000000520. The van der Waals surface area contributed by atoms with Crippen LogP contribution in [-0.2, 0) is 0 Å². The minimum atomic E-state index is 0. The predicted octanol–water partition coefficient (Wildman–Crippen LogP) is 9.54. The number of halogens is 3. The molecule has 206 valence electrons. The number of rotatable bonds is 13. The molecule has 0 aliphatic carbocycles. The van der Waals surface area contributed by atoms with Gasteiger partial charge in [-0.2, -0.15) is 0 Å². The van der Waals surface area contributed by atoms with Gasteiger partial charge in [0.2, 0.25) is 0 Å². The summed E-state index contributed by atoms with van der Waals surface area (Å²) in [7, 11) is 1.90. The molecule has 0 bridgehead atoms. The van der Waals surface area contributed by atoms with E-state index in [2.05, 4.69) is 72.2 Å². The van der Waals surface area contributed by atoms with E-state index >= 15 is 0 Å². The normalized spacial score (nSPS) is 9.43. The topological polar surface area (TPSA) is 39.7 Å². The first kappa shape index (κ1) is 35.3. The Labute approximate surface area is 249 Å². The number of benzene rings is 3. The van der Waals surface area contributed by atoms with Crippen molar-refractivity contribution in [3.8, 4) is 17.2 Å². The van der Waals surface area contributed by atoms with Crippen molar-refractivity contribution in [2.75, 3.05) is 48.2 Å². The van der Waals surface area contributed by atoms with E-state index in [1.807, 2.05) is 73.8 Å². The Bertz CT molecular complexity index is 896. The number of aryl methyl sites for hydroxylation is 1. The number of anilines is 1. The van der Waals surface area contributed by atoms with Gasteiger partial charge in [0.15, 0.2) is 0 Å². The molecule has 0 spiro atoms. The summed E-state index contributed by atoms with van der Waals surface area (Å²) in [5.41, 5.74) is 2.31. The van der Waals surface area contributed by atoms with Gasteiger partial charge in [-0.05, 0) is 62.6 Å².